The minimum absolute atomic E-state index is 0.0210. The van der Waals surface area contributed by atoms with Crippen molar-refractivity contribution in [3.05, 3.63) is 78.6 Å². The largest absolute Gasteiger partial charge is 0.485 e. The molecule has 3 heterocycles. The Bertz CT molecular complexity index is 1090. The Labute approximate surface area is 180 Å². The summed E-state index contributed by atoms with van der Waals surface area (Å²) in [4.78, 5) is 29.5. The second-order valence-corrected chi connectivity index (χ2v) is 7.62. The third-order valence-corrected chi connectivity index (χ3v) is 5.66. The molecule has 3 aromatic rings. The molecule has 0 saturated carbocycles. The topological polar surface area (TPSA) is 64.0 Å². The number of piperazine rings is 1. The van der Waals surface area contributed by atoms with E-state index < -0.39 is 6.10 Å². The molecule has 1 saturated heterocycles. The zero-order valence-corrected chi connectivity index (χ0v) is 17.0. The summed E-state index contributed by atoms with van der Waals surface area (Å²) in [5.74, 6) is 1.12. The summed E-state index contributed by atoms with van der Waals surface area (Å²) in [6.07, 6.45) is 3.24. The smallest absolute Gasteiger partial charge is 0.267 e. The minimum Gasteiger partial charge on any atom is -0.485 e. The van der Waals surface area contributed by atoms with Crippen molar-refractivity contribution in [2.45, 2.75) is 6.10 Å². The first kappa shape index (κ1) is 19.2. The molecular formula is C24H23N3O4. The van der Waals surface area contributed by atoms with Crippen molar-refractivity contribution in [2.24, 2.45) is 0 Å². The summed E-state index contributed by atoms with van der Waals surface area (Å²) < 4.78 is 13.5. The minimum atomic E-state index is -0.657. The third kappa shape index (κ3) is 3.86. The lowest BCUT2D eigenvalue weighted by Gasteiger charge is -2.37. The van der Waals surface area contributed by atoms with Crippen LogP contribution in [0.15, 0.2) is 73.1 Å². The van der Waals surface area contributed by atoms with Crippen molar-refractivity contribution in [1.82, 2.24) is 14.4 Å². The fraction of sp³-hybridized carbons (Fsp3) is 0.250. The quantitative estimate of drug-likeness (QED) is 0.657. The third-order valence-electron chi connectivity index (χ3n) is 5.66. The number of fused-ring (bicyclic) bond motifs is 1. The van der Waals surface area contributed by atoms with Gasteiger partial charge in [0.1, 0.15) is 6.61 Å². The molecule has 7 nitrogen and oxygen atoms in total. The molecule has 0 aliphatic carbocycles. The molecule has 158 valence electrons. The van der Waals surface area contributed by atoms with Gasteiger partial charge in [-0.05, 0) is 42.5 Å². The number of carbonyl (C=O) groups is 2. The van der Waals surface area contributed by atoms with Crippen LogP contribution in [0.1, 0.15) is 10.4 Å². The summed E-state index contributed by atoms with van der Waals surface area (Å²) in [5, 5.41) is 0. The van der Waals surface area contributed by atoms with Gasteiger partial charge in [0.25, 0.3) is 11.8 Å². The summed E-state index contributed by atoms with van der Waals surface area (Å²) in [5.41, 5.74) is 1.59. The van der Waals surface area contributed by atoms with Gasteiger partial charge in [0, 0.05) is 49.8 Å². The van der Waals surface area contributed by atoms with Gasteiger partial charge in [0.15, 0.2) is 11.5 Å². The predicted octanol–water partition coefficient (Wildman–Crippen LogP) is 2.60. The maximum atomic E-state index is 13.0. The van der Waals surface area contributed by atoms with Crippen LogP contribution >= 0.6 is 0 Å². The Hall–Kier alpha value is -3.74. The molecule has 0 spiro atoms. The van der Waals surface area contributed by atoms with Gasteiger partial charge >= 0.3 is 0 Å². The van der Waals surface area contributed by atoms with Gasteiger partial charge in [0.05, 0.1) is 0 Å². The predicted molar refractivity (Wildman–Crippen MR) is 115 cm³/mol. The Morgan fingerprint density at radius 3 is 2.29 bits per heavy atom. The van der Waals surface area contributed by atoms with Gasteiger partial charge in [-0.2, -0.15) is 0 Å². The number of ether oxygens (including phenoxy) is 2. The number of nitrogens with zero attached hydrogens (tertiary/aromatic N) is 3. The Balaban J connectivity index is 1.20. The zero-order valence-electron chi connectivity index (χ0n) is 17.0. The lowest BCUT2D eigenvalue weighted by atomic mass is 10.1. The maximum Gasteiger partial charge on any atom is 0.267 e. The molecule has 1 unspecified atom stereocenters. The highest BCUT2D eigenvalue weighted by Gasteiger charge is 2.33. The van der Waals surface area contributed by atoms with Crippen molar-refractivity contribution in [2.75, 3.05) is 32.8 Å². The number of hydrogen-bond donors (Lipinski definition) is 0. The van der Waals surface area contributed by atoms with E-state index in [4.69, 9.17) is 9.47 Å². The summed E-state index contributed by atoms with van der Waals surface area (Å²) in [6, 6.07) is 18.8. The molecule has 5 rings (SSSR count). The van der Waals surface area contributed by atoms with Crippen LogP contribution in [0.2, 0.25) is 0 Å². The van der Waals surface area contributed by atoms with E-state index in [0.717, 1.165) is 5.69 Å². The van der Waals surface area contributed by atoms with E-state index in [0.29, 0.717) is 43.2 Å². The molecule has 0 bridgehead atoms. The van der Waals surface area contributed by atoms with Crippen LogP contribution in [-0.2, 0) is 4.79 Å². The Kier molecular flexibility index (Phi) is 5.08. The molecule has 31 heavy (non-hydrogen) atoms. The van der Waals surface area contributed by atoms with Crippen molar-refractivity contribution in [3.63, 3.8) is 0 Å². The fourth-order valence-corrected chi connectivity index (χ4v) is 3.96. The Morgan fingerprint density at radius 1 is 0.806 bits per heavy atom. The number of aromatic nitrogens is 1. The van der Waals surface area contributed by atoms with Gasteiger partial charge in [-0.1, -0.05) is 18.2 Å². The molecule has 2 aliphatic heterocycles. The van der Waals surface area contributed by atoms with Crippen molar-refractivity contribution < 1.29 is 19.1 Å². The molecule has 1 aromatic heterocycles. The van der Waals surface area contributed by atoms with Crippen molar-refractivity contribution in [1.29, 1.82) is 0 Å². The van der Waals surface area contributed by atoms with Crippen LogP contribution in [0.3, 0.4) is 0 Å². The van der Waals surface area contributed by atoms with Crippen LogP contribution in [-0.4, -0.2) is 65.1 Å². The summed E-state index contributed by atoms with van der Waals surface area (Å²) in [6.45, 7) is 2.12. The van der Waals surface area contributed by atoms with E-state index in [1.807, 2.05) is 71.6 Å². The number of para-hydroxylation sites is 2. The van der Waals surface area contributed by atoms with E-state index in [2.05, 4.69) is 0 Å². The van der Waals surface area contributed by atoms with E-state index >= 15 is 0 Å². The molecule has 1 fully saturated rings. The van der Waals surface area contributed by atoms with E-state index in [9.17, 15) is 9.59 Å². The molecule has 0 radical (unpaired) electrons. The first-order valence-electron chi connectivity index (χ1n) is 10.4. The van der Waals surface area contributed by atoms with Gasteiger partial charge in [-0.15, -0.1) is 0 Å². The van der Waals surface area contributed by atoms with Gasteiger partial charge in [0.2, 0.25) is 6.10 Å². The van der Waals surface area contributed by atoms with Crippen LogP contribution in [0, 0.1) is 0 Å². The second-order valence-electron chi connectivity index (χ2n) is 7.62. The Morgan fingerprint density at radius 2 is 1.52 bits per heavy atom. The van der Waals surface area contributed by atoms with E-state index in [-0.39, 0.29) is 18.4 Å². The lowest BCUT2D eigenvalue weighted by Crippen LogP contribution is -2.55. The van der Waals surface area contributed by atoms with E-state index in [1.54, 1.807) is 15.9 Å². The molecule has 1 atom stereocenters. The average Bonchev–Trinajstić information content (AvgIpc) is 3.38. The average molecular weight is 417 g/mol. The highest BCUT2D eigenvalue weighted by Crippen LogP contribution is 2.31. The molecular weight excluding hydrogens is 394 g/mol. The zero-order chi connectivity index (χ0) is 21.2. The highest BCUT2D eigenvalue weighted by atomic mass is 16.6. The van der Waals surface area contributed by atoms with Crippen LogP contribution in [0.25, 0.3) is 5.69 Å². The fourth-order valence-electron chi connectivity index (χ4n) is 3.96. The number of benzene rings is 2. The number of carbonyl (C=O) groups excluding carboxylic acids is 2. The van der Waals surface area contributed by atoms with Crippen LogP contribution in [0.5, 0.6) is 11.5 Å². The number of rotatable bonds is 3. The second kappa shape index (κ2) is 8.18. The summed E-state index contributed by atoms with van der Waals surface area (Å²) >= 11 is 0. The maximum absolute atomic E-state index is 13.0. The normalized spacial score (nSPS) is 18.0. The van der Waals surface area contributed by atoms with E-state index in [1.165, 1.54) is 0 Å². The van der Waals surface area contributed by atoms with Crippen molar-refractivity contribution >= 4 is 11.8 Å². The summed E-state index contributed by atoms with van der Waals surface area (Å²) in [7, 11) is 0. The lowest BCUT2D eigenvalue weighted by molar-refractivity contribution is -0.142. The number of amides is 2. The molecule has 0 N–H and O–H groups in total. The molecule has 2 aromatic carbocycles. The van der Waals surface area contributed by atoms with Crippen LogP contribution < -0.4 is 9.47 Å². The van der Waals surface area contributed by atoms with Crippen LogP contribution in [0.4, 0.5) is 0 Å². The molecule has 7 heteroatoms. The monoisotopic (exact) mass is 417 g/mol. The number of hydrogen-bond acceptors (Lipinski definition) is 4. The standard InChI is InChI=1S/C24H23N3O4/c28-23(18-6-5-7-19(16-18)25-10-3-4-11-25)26-12-14-27(15-13-26)24(29)22-17-30-20-8-1-2-9-21(20)31-22/h1-11,16,22H,12-15,17H2. The van der Waals surface area contributed by atoms with Gasteiger partial charge in [-0.3, -0.25) is 9.59 Å². The van der Waals surface area contributed by atoms with Gasteiger partial charge < -0.3 is 23.8 Å². The first-order chi connectivity index (χ1) is 15.2. The molecule has 2 aliphatic rings. The highest BCUT2D eigenvalue weighted by molar-refractivity contribution is 5.95. The van der Waals surface area contributed by atoms with Crippen molar-refractivity contribution in [3.8, 4) is 17.2 Å². The first-order valence-corrected chi connectivity index (χ1v) is 10.4. The molecule has 2 amide bonds. The SMILES string of the molecule is O=C(c1cccc(-n2cccc2)c1)N1CCN(C(=O)C2COc3ccccc3O2)CC1. The van der Waals surface area contributed by atoms with Gasteiger partial charge in [-0.25, -0.2) is 0 Å².